The van der Waals surface area contributed by atoms with Gasteiger partial charge in [-0.05, 0) is 43.4 Å². The van der Waals surface area contributed by atoms with Crippen molar-refractivity contribution in [3.05, 3.63) is 29.8 Å². The number of benzene rings is 1. The molecule has 0 aliphatic rings. The number of carbonyl (C=O) groups is 2. The Balaban J connectivity index is 2.59. The van der Waals surface area contributed by atoms with Gasteiger partial charge in [-0.2, -0.15) is 0 Å². The van der Waals surface area contributed by atoms with Crippen LogP contribution in [0.4, 0.5) is 4.79 Å². The molecule has 7 heteroatoms. The molecular weight excluding hydrogens is 386 g/mol. The van der Waals surface area contributed by atoms with E-state index in [0.717, 1.165) is 31.2 Å². The topological polar surface area (TPSA) is 85.3 Å². The van der Waals surface area contributed by atoms with E-state index >= 15 is 0 Å². The van der Waals surface area contributed by atoms with Gasteiger partial charge in [0.25, 0.3) is 0 Å². The lowest BCUT2D eigenvalue weighted by molar-refractivity contribution is -0.149. The van der Waals surface area contributed by atoms with Gasteiger partial charge < -0.3 is 24.2 Å². The fourth-order valence-corrected chi connectivity index (χ4v) is 3.47. The predicted octanol–water partition coefficient (Wildman–Crippen LogP) is 4.38. The zero-order valence-electron chi connectivity index (χ0n) is 18.8. The van der Waals surface area contributed by atoms with E-state index in [4.69, 9.17) is 14.2 Å². The molecule has 170 valence electrons. The van der Waals surface area contributed by atoms with Crippen molar-refractivity contribution in [2.75, 3.05) is 33.4 Å². The van der Waals surface area contributed by atoms with Crippen LogP contribution >= 0.6 is 0 Å². The zero-order chi connectivity index (χ0) is 22.4. The molecule has 0 saturated heterocycles. The molecule has 0 aliphatic carbocycles. The van der Waals surface area contributed by atoms with Gasteiger partial charge in [0, 0.05) is 19.6 Å². The number of hydrogen-bond donors (Lipinski definition) is 1. The fraction of sp³-hybridized carbons (Fsp3) is 0.652. The summed E-state index contributed by atoms with van der Waals surface area (Å²) >= 11 is 0. The van der Waals surface area contributed by atoms with E-state index < -0.39 is 12.1 Å². The smallest absolute Gasteiger partial charge is 0.409 e. The number of ether oxygens (including phenoxy) is 3. The zero-order valence-corrected chi connectivity index (χ0v) is 18.8. The second-order valence-electron chi connectivity index (χ2n) is 7.34. The maximum atomic E-state index is 12.1. The van der Waals surface area contributed by atoms with Crippen molar-refractivity contribution in [1.82, 2.24) is 4.90 Å². The second kappa shape index (κ2) is 14.7. The van der Waals surface area contributed by atoms with Gasteiger partial charge in [-0.15, -0.1) is 0 Å². The largest absolute Gasteiger partial charge is 0.492 e. The minimum Gasteiger partial charge on any atom is -0.492 e. The highest BCUT2D eigenvalue weighted by atomic mass is 16.5. The van der Waals surface area contributed by atoms with Gasteiger partial charge in [0.05, 0.1) is 13.7 Å². The monoisotopic (exact) mass is 423 g/mol. The Kier molecular flexibility index (Phi) is 12.6. The minimum absolute atomic E-state index is 0.301. The Hall–Kier alpha value is -2.28. The Labute approximate surface area is 180 Å². The summed E-state index contributed by atoms with van der Waals surface area (Å²) in [4.78, 5) is 25.1. The molecule has 0 saturated carbocycles. The first-order valence-electron chi connectivity index (χ1n) is 10.8. The average molecular weight is 424 g/mol. The van der Waals surface area contributed by atoms with E-state index in [0.29, 0.717) is 44.4 Å². The summed E-state index contributed by atoms with van der Waals surface area (Å²) in [5.74, 6) is 0.168. The summed E-state index contributed by atoms with van der Waals surface area (Å²) in [6, 6.07) is 7.28. The number of rotatable bonds is 15. The van der Waals surface area contributed by atoms with Gasteiger partial charge in [0.15, 0.2) is 6.10 Å². The third-order valence-electron chi connectivity index (χ3n) is 4.92. The predicted molar refractivity (Wildman–Crippen MR) is 116 cm³/mol. The first-order valence-corrected chi connectivity index (χ1v) is 10.8. The molecule has 7 nitrogen and oxygen atoms in total. The third kappa shape index (κ3) is 9.48. The molecule has 0 aromatic heterocycles. The molecule has 0 aliphatic heterocycles. The Morgan fingerprint density at radius 1 is 1.07 bits per heavy atom. The fourth-order valence-electron chi connectivity index (χ4n) is 3.47. The number of carbonyl (C=O) groups excluding carboxylic acids is 1. The van der Waals surface area contributed by atoms with Gasteiger partial charge in [-0.25, -0.2) is 9.59 Å². The van der Waals surface area contributed by atoms with Crippen LogP contribution in [0.1, 0.15) is 52.0 Å². The summed E-state index contributed by atoms with van der Waals surface area (Å²) in [7, 11) is 1.40. The minimum atomic E-state index is -0.968. The lowest BCUT2D eigenvalue weighted by Crippen LogP contribution is -2.38. The van der Waals surface area contributed by atoms with Gasteiger partial charge >= 0.3 is 12.1 Å². The normalized spacial score (nSPS) is 11.9. The van der Waals surface area contributed by atoms with E-state index in [-0.39, 0.29) is 6.09 Å². The third-order valence-corrected chi connectivity index (χ3v) is 4.92. The van der Waals surface area contributed by atoms with Gasteiger partial charge in [0.1, 0.15) is 12.4 Å². The number of nitrogens with zero attached hydrogens (tertiary/aromatic N) is 1. The van der Waals surface area contributed by atoms with E-state index in [1.54, 1.807) is 24.0 Å². The quantitative estimate of drug-likeness (QED) is 0.450. The molecule has 30 heavy (non-hydrogen) atoms. The van der Waals surface area contributed by atoms with E-state index in [1.165, 1.54) is 7.11 Å². The molecule has 1 aromatic carbocycles. The van der Waals surface area contributed by atoms with Crippen LogP contribution in [0.25, 0.3) is 0 Å². The molecule has 0 spiro atoms. The number of carboxylic acids is 1. The van der Waals surface area contributed by atoms with Crippen molar-refractivity contribution >= 4 is 12.1 Å². The van der Waals surface area contributed by atoms with Crippen LogP contribution in [-0.4, -0.2) is 61.6 Å². The SMILES string of the molecule is CCCC(CCC)CN(CCOc1ccc(CC(OCC)C(=O)O)cc1)C(=O)OC. The van der Waals surface area contributed by atoms with E-state index in [9.17, 15) is 14.7 Å². The number of aliphatic carboxylic acids is 1. The van der Waals surface area contributed by atoms with Gasteiger partial charge in [0.2, 0.25) is 0 Å². The highest BCUT2D eigenvalue weighted by molar-refractivity contribution is 5.72. The van der Waals surface area contributed by atoms with Crippen molar-refractivity contribution in [2.24, 2.45) is 5.92 Å². The van der Waals surface area contributed by atoms with Crippen LogP contribution in [0, 0.1) is 5.92 Å². The summed E-state index contributed by atoms with van der Waals surface area (Å²) in [6.07, 6.45) is 3.47. The van der Waals surface area contributed by atoms with Crippen molar-refractivity contribution in [3.63, 3.8) is 0 Å². The van der Waals surface area contributed by atoms with Crippen molar-refractivity contribution in [3.8, 4) is 5.75 Å². The second-order valence-corrected chi connectivity index (χ2v) is 7.34. The van der Waals surface area contributed by atoms with Crippen LogP contribution in [-0.2, 0) is 20.7 Å². The van der Waals surface area contributed by atoms with Crippen molar-refractivity contribution in [2.45, 2.75) is 59.0 Å². The Morgan fingerprint density at radius 2 is 1.70 bits per heavy atom. The van der Waals surface area contributed by atoms with Gasteiger partial charge in [-0.3, -0.25) is 0 Å². The molecular formula is C23H37NO6. The van der Waals surface area contributed by atoms with Crippen LogP contribution in [0.15, 0.2) is 24.3 Å². The molecule has 1 aromatic rings. The van der Waals surface area contributed by atoms with Crippen LogP contribution in [0.5, 0.6) is 5.75 Å². The maximum Gasteiger partial charge on any atom is 0.409 e. The Bertz CT molecular complexity index is 613. The summed E-state index contributed by atoms with van der Waals surface area (Å²) in [5, 5.41) is 9.19. The number of hydrogen-bond acceptors (Lipinski definition) is 5. The molecule has 0 fully saturated rings. The van der Waals surface area contributed by atoms with Crippen LogP contribution in [0.2, 0.25) is 0 Å². The first-order chi connectivity index (χ1) is 14.4. The standard InChI is InChI=1S/C23H37NO6/c1-5-8-19(9-6-2)17-24(23(27)28-4)14-15-30-20-12-10-18(11-13-20)16-21(22(25)26)29-7-3/h10-13,19,21H,5-9,14-17H2,1-4H3,(H,25,26). The number of amides is 1. The highest BCUT2D eigenvalue weighted by Gasteiger charge is 2.19. The first kappa shape index (κ1) is 25.8. The van der Waals surface area contributed by atoms with E-state index in [1.807, 2.05) is 12.1 Å². The van der Waals surface area contributed by atoms with Crippen LogP contribution in [0.3, 0.4) is 0 Å². The summed E-state index contributed by atoms with van der Waals surface area (Å²) < 4.78 is 16.0. The molecule has 0 bridgehead atoms. The van der Waals surface area contributed by atoms with Crippen LogP contribution < -0.4 is 4.74 Å². The molecule has 1 atom stereocenters. The molecule has 0 radical (unpaired) electrons. The molecule has 0 heterocycles. The molecule has 1 rings (SSSR count). The van der Waals surface area contributed by atoms with E-state index in [2.05, 4.69) is 13.8 Å². The number of methoxy groups -OCH3 is 1. The lowest BCUT2D eigenvalue weighted by atomic mass is 9.98. The van der Waals surface area contributed by atoms with Gasteiger partial charge in [-0.1, -0.05) is 38.8 Å². The summed E-state index contributed by atoms with van der Waals surface area (Å²) in [6.45, 7) is 7.92. The number of carboxylic acid groups (broad SMARTS) is 1. The lowest BCUT2D eigenvalue weighted by Gasteiger charge is -2.26. The summed E-state index contributed by atoms with van der Waals surface area (Å²) in [5.41, 5.74) is 0.862. The maximum absolute atomic E-state index is 12.1. The van der Waals surface area contributed by atoms with Crippen molar-refractivity contribution in [1.29, 1.82) is 0 Å². The van der Waals surface area contributed by atoms with Crippen molar-refractivity contribution < 1.29 is 28.9 Å². The average Bonchev–Trinajstić information content (AvgIpc) is 2.73. The Morgan fingerprint density at radius 3 is 2.20 bits per heavy atom. The molecule has 1 unspecified atom stereocenters. The molecule has 1 N–H and O–H groups in total. The molecule has 1 amide bonds. The highest BCUT2D eigenvalue weighted by Crippen LogP contribution is 2.17.